The summed E-state index contributed by atoms with van der Waals surface area (Å²) in [4.78, 5) is 20.2. The van der Waals surface area contributed by atoms with Gasteiger partial charge in [0.25, 0.3) is 5.91 Å². The minimum absolute atomic E-state index is 0.0530. The lowest BCUT2D eigenvalue weighted by Gasteiger charge is -2.23. The highest BCUT2D eigenvalue weighted by Gasteiger charge is 2.29. The molecule has 1 atom stereocenters. The van der Waals surface area contributed by atoms with Crippen LogP contribution in [0.2, 0.25) is 0 Å². The van der Waals surface area contributed by atoms with Crippen molar-refractivity contribution in [2.45, 2.75) is 53.2 Å². The molecular weight excluding hydrogens is 372 g/mol. The summed E-state index contributed by atoms with van der Waals surface area (Å²) in [5.74, 6) is -0.0627. The first-order valence-electron chi connectivity index (χ1n) is 9.82. The number of fused-ring (bicyclic) bond motifs is 1. The first-order chi connectivity index (χ1) is 13.5. The van der Waals surface area contributed by atoms with E-state index in [4.69, 9.17) is 9.72 Å². The van der Waals surface area contributed by atoms with Crippen molar-refractivity contribution in [1.29, 1.82) is 0 Å². The van der Waals surface area contributed by atoms with Gasteiger partial charge in [0.1, 0.15) is 5.69 Å². The van der Waals surface area contributed by atoms with Crippen LogP contribution in [0.5, 0.6) is 0 Å². The van der Waals surface area contributed by atoms with E-state index in [9.17, 15) is 4.79 Å². The van der Waals surface area contributed by atoms with E-state index in [0.717, 1.165) is 46.1 Å². The molecule has 1 amide bonds. The predicted molar refractivity (Wildman–Crippen MR) is 112 cm³/mol. The number of thiazole rings is 1. The van der Waals surface area contributed by atoms with Crippen LogP contribution < -0.4 is 4.90 Å². The molecule has 0 bridgehead atoms. The number of ether oxygens (including phenoxy) is 1. The number of hydrogen-bond acceptors (Lipinski definition) is 5. The quantitative estimate of drug-likeness (QED) is 0.644. The number of anilines is 1. The molecule has 3 aromatic rings. The van der Waals surface area contributed by atoms with Crippen LogP contribution in [-0.4, -0.2) is 39.9 Å². The summed E-state index contributed by atoms with van der Waals surface area (Å²) in [7, 11) is 0. The first kappa shape index (κ1) is 19.1. The van der Waals surface area contributed by atoms with Crippen LogP contribution in [0.15, 0.2) is 18.2 Å². The number of aromatic nitrogens is 3. The molecule has 1 aliphatic heterocycles. The number of amides is 1. The van der Waals surface area contributed by atoms with Gasteiger partial charge in [0.05, 0.1) is 28.6 Å². The summed E-state index contributed by atoms with van der Waals surface area (Å²) in [6, 6.07) is 6.06. The van der Waals surface area contributed by atoms with Crippen molar-refractivity contribution in [2.24, 2.45) is 0 Å². The lowest BCUT2D eigenvalue weighted by Crippen LogP contribution is -2.38. The Bertz CT molecular complexity index is 978. The monoisotopic (exact) mass is 398 g/mol. The zero-order valence-electron chi connectivity index (χ0n) is 16.9. The first-order valence-corrected chi connectivity index (χ1v) is 10.6. The van der Waals surface area contributed by atoms with Gasteiger partial charge in [-0.1, -0.05) is 23.5 Å². The number of rotatable bonds is 5. The van der Waals surface area contributed by atoms with E-state index in [0.29, 0.717) is 18.8 Å². The maximum absolute atomic E-state index is 13.5. The zero-order chi connectivity index (χ0) is 19.8. The van der Waals surface area contributed by atoms with E-state index >= 15 is 0 Å². The molecule has 1 aromatic carbocycles. The van der Waals surface area contributed by atoms with Gasteiger partial charge in [-0.3, -0.25) is 14.4 Å². The molecule has 6 nitrogen and oxygen atoms in total. The van der Waals surface area contributed by atoms with Crippen LogP contribution in [0.1, 0.15) is 47.1 Å². The highest BCUT2D eigenvalue weighted by Crippen LogP contribution is 2.34. The number of carbonyl (C=O) groups excluding carboxylic acids is 1. The molecule has 1 unspecified atom stereocenters. The van der Waals surface area contributed by atoms with Crippen molar-refractivity contribution in [3.8, 4) is 0 Å². The summed E-state index contributed by atoms with van der Waals surface area (Å²) in [6.45, 7) is 10.00. The average molecular weight is 399 g/mol. The third-order valence-electron chi connectivity index (χ3n) is 5.24. The molecule has 1 aliphatic rings. The van der Waals surface area contributed by atoms with Gasteiger partial charge in [-0.25, -0.2) is 4.98 Å². The Morgan fingerprint density at radius 2 is 2.11 bits per heavy atom. The molecule has 0 aliphatic carbocycles. The van der Waals surface area contributed by atoms with E-state index in [1.54, 1.807) is 20.9 Å². The van der Waals surface area contributed by atoms with Crippen molar-refractivity contribution in [3.63, 3.8) is 0 Å². The van der Waals surface area contributed by atoms with Gasteiger partial charge in [-0.15, -0.1) is 0 Å². The van der Waals surface area contributed by atoms with Crippen molar-refractivity contribution in [1.82, 2.24) is 14.8 Å². The lowest BCUT2D eigenvalue weighted by molar-refractivity contribution is 0.0908. The van der Waals surface area contributed by atoms with Gasteiger partial charge < -0.3 is 4.74 Å². The van der Waals surface area contributed by atoms with Crippen LogP contribution in [0.3, 0.4) is 0 Å². The number of benzene rings is 1. The third-order valence-corrected chi connectivity index (χ3v) is 6.45. The molecule has 0 N–H and O–H groups in total. The number of hydrogen-bond donors (Lipinski definition) is 0. The van der Waals surface area contributed by atoms with Crippen molar-refractivity contribution < 1.29 is 9.53 Å². The number of aryl methyl sites for hydroxylation is 4. The fourth-order valence-electron chi connectivity index (χ4n) is 3.70. The summed E-state index contributed by atoms with van der Waals surface area (Å²) in [6.07, 6.45) is 2.06. The molecule has 1 saturated heterocycles. The Morgan fingerprint density at radius 3 is 2.79 bits per heavy atom. The van der Waals surface area contributed by atoms with Gasteiger partial charge in [0, 0.05) is 13.2 Å². The van der Waals surface area contributed by atoms with Crippen LogP contribution >= 0.6 is 11.3 Å². The molecule has 4 rings (SSSR count). The molecule has 0 saturated carbocycles. The Kier molecular flexibility index (Phi) is 5.21. The molecule has 7 heteroatoms. The SMILES string of the molecule is CCn1nc(C)cc1C(=O)N(CC1CCCO1)c1nc2c(C)ccc(C)c2s1. The van der Waals surface area contributed by atoms with Gasteiger partial charge in [0.15, 0.2) is 5.13 Å². The summed E-state index contributed by atoms with van der Waals surface area (Å²) < 4.78 is 8.74. The largest absolute Gasteiger partial charge is 0.376 e. The van der Waals surface area contributed by atoms with Crippen LogP contribution in [-0.2, 0) is 11.3 Å². The molecule has 28 heavy (non-hydrogen) atoms. The molecule has 1 fully saturated rings. The van der Waals surface area contributed by atoms with E-state index in [1.165, 1.54) is 5.56 Å². The Balaban J connectivity index is 1.78. The van der Waals surface area contributed by atoms with Crippen molar-refractivity contribution in [3.05, 3.63) is 40.7 Å². The summed E-state index contributed by atoms with van der Waals surface area (Å²) in [5.41, 5.74) is 4.74. The Hall–Kier alpha value is -2.25. The molecule has 148 valence electrons. The second kappa shape index (κ2) is 7.64. The van der Waals surface area contributed by atoms with Gasteiger partial charge in [-0.05, 0) is 57.7 Å². The maximum Gasteiger partial charge on any atom is 0.278 e. The standard InChI is InChI=1S/C21H26N4O2S/c1-5-25-17(11-15(4)23-25)20(26)24(12-16-7-6-10-27-16)21-22-18-13(2)8-9-14(3)19(18)28-21/h8-9,11,16H,5-7,10,12H2,1-4H3. The number of nitrogens with zero attached hydrogens (tertiary/aromatic N) is 4. The molecule has 2 aromatic heterocycles. The zero-order valence-corrected chi connectivity index (χ0v) is 17.7. The minimum Gasteiger partial charge on any atom is -0.376 e. The maximum atomic E-state index is 13.5. The summed E-state index contributed by atoms with van der Waals surface area (Å²) >= 11 is 1.58. The van der Waals surface area contributed by atoms with Crippen LogP contribution in [0, 0.1) is 20.8 Å². The van der Waals surface area contributed by atoms with Gasteiger partial charge in [0.2, 0.25) is 0 Å². The molecular formula is C21H26N4O2S. The lowest BCUT2D eigenvalue weighted by atomic mass is 10.1. The molecule has 0 spiro atoms. The van der Waals surface area contributed by atoms with Crippen molar-refractivity contribution in [2.75, 3.05) is 18.1 Å². The second-order valence-corrected chi connectivity index (χ2v) is 8.39. The third kappa shape index (κ3) is 3.44. The Morgan fingerprint density at radius 1 is 1.32 bits per heavy atom. The minimum atomic E-state index is -0.0627. The van der Waals surface area contributed by atoms with Crippen LogP contribution in [0.4, 0.5) is 5.13 Å². The van der Waals surface area contributed by atoms with Gasteiger partial charge >= 0.3 is 0 Å². The molecule has 3 heterocycles. The predicted octanol–water partition coefficient (Wildman–Crippen LogP) is 4.26. The van der Waals surface area contributed by atoms with Crippen LogP contribution in [0.25, 0.3) is 10.2 Å². The fraction of sp³-hybridized carbons (Fsp3) is 0.476. The smallest absolute Gasteiger partial charge is 0.278 e. The fourth-order valence-corrected chi connectivity index (χ4v) is 4.82. The highest BCUT2D eigenvalue weighted by atomic mass is 32.1. The van der Waals surface area contributed by atoms with E-state index in [2.05, 4.69) is 31.1 Å². The molecule has 0 radical (unpaired) electrons. The van der Waals surface area contributed by atoms with E-state index < -0.39 is 0 Å². The Labute approximate surface area is 169 Å². The average Bonchev–Trinajstić information content (AvgIpc) is 3.41. The highest BCUT2D eigenvalue weighted by molar-refractivity contribution is 7.22. The second-order valence-electron chi connectivity index (χ2n) is 7.41. The summed E-state index contributed by atoms with van der Waals surface area (Å²) in [5, 5.41) is 5.18. The van der Waals surface area contributed by atoms with E-state index in [1.807, 2.05) is 19.9 Å². The topological polar surface area (TPSA) is 60.2 Å². The normalized spacial score (nSPS) is 16.8. The van der Waals surface area contributed by atoms with Gasteiger partial charge in [-0.2, -0.15) is 5.10 Å². The van der Waals surface area contributed by atoms with Crippen molar-refractivity contribution >= 4 is 32.6 Å². The van der Waals surface area contributed by atoms with E-state index in [-0.39, 0.29) is 12.0 Å². The number of carbonyl (C=O) groups is 1.